The number of Topliss-reactive ketones (excluding diaryl/α,β-unsaturated/α-hetero) is 1. The van der Waals surface area contributed by atoms with E-state index in [1.807, 2.05) is 36.4 Å². The number of rotatable bonds is 4. The van der Waals surface area contributed by atoms with Crippen molar-refractivity contribution in [3.8, 4) is 10.4 Å². The quantitative estimate of drug-likeness (QED) is 0.478. The van der Waals surface area contributed by atoms with Crippen molar-refractivity contribution < 1.29 is 9.59 Å². The van der Waals surface area contributed by atoms with Gasteiger partial charge in [-0.2, -0.15) is 0 Å². The number of likely N-dealkylation sites (N-methyl/N-ethyl adjacent to an activating group) is 1. The highest BCUT2D eigenvalue weighted by Crippen LogP contribution is 2.31. The topological polar surface area (TPSA) is 72.3 Å². The highest BCUT2D eigenvalue weighted by molar-refractivity contribution is 7.21. The van der Waals surface area contributed by atoms with Crippen LogP contribution in [0.4, 0.5) is 5.69 Å². The molecule has 5 rings (SSSR count). The zero-order valence-electron chi connectivity index (χ0n) is 16.2. The predicted molar refractivity (Wildman–Crippen MR) is 117 cm³/mol. The summed E-state index contributed by atoms with van der Waals surface area (Å²) in [6.07, 6.45) is 1.72. The number of carbonyl (C=O) groups excluding carboxylic acids is 2. The average Bonchev–Trinajstić information content (AvgIpc) is 3.32. The van der Waals surface area contributed by atoms with Gasteiger partial charge in [0.25, 0.3) is 5.56 Å². The van der Waals surface area contributed by atoms with Crippen LogP contribution in [0.2, 0.25) is 0 Å². The van der Waals surface area contributed by atoms with Gasteiger partial charge in [-0.25, -0.2) is 4.98 Å². The smallest absolute Gasteiger partial charge is 0.262 e. The van der Waals surface area contributed by atoms with Gasteiger partial charge in [0, 0.05) is 23.2 Å². The van der Waals surface area contributed by atoms with Crippen molar-refractivity contribution in [3.05, 3.63) is 82.4 Å². The Bertz CT molecular complexity index is 1370. The Kier molecular flexibility index (Phi) is 4.33. The normalized spacial score (nSPS) is 13.1. The number of hydrogen-bond acceptors (Lipinski definition) is 5. The molecule has 4 aromatic rings. The first-order chi connectivity index (χ1) is 14.5. The molecular formula is C23H17N3O3S. The fourth-order valence-corrected chi connectivity index (χ4v) is 4.70. The molecule has 1 aliphatic rings. The molecule has 0 saturated heterocycles. The molecule has 1 aliphatic heterocycles. The number of aromatic nitrogens is 2. The van der Waals surface area contributed by atoms with Gasteiger partial charge < -0.3 is 4.90 Å². The van der Waals surface area contributed by atoms with Gasteiger partial charge in [0.1, 0.15) is 4.83 Å². The number of thiophene rings is 1. The SMILES string of the molecule is CN1C(=O)Cc2cc(C(=O)Cn3cnc4sc(-c5ccccc5)cc4c3=O)ccc21. The average molecular weight is 415 g/mol. The summed E-state index contributed by atoms with van der Waals surface area (Å²) in [6.45, 7) is -0.0964. The van der Waals surface area contributed by atoms with Crippen LogP contribution in [0.3, 0.4) is 0 Å². The Morgan fingerprint density at radius 1 is 1.10 bits per heavy atom. The Morgan fingerprint density at radius 3 is 2.70 bits per heavy atom. The predicted octanol–water partition coefficient (Wildman–Crippen LogP) is 3.53. The molecule has 1 amide bonds. The summed E-state index contributed by atoms with van der Waals surface area (Å²) in [6, 6.07) is 16.9. The standard InChI is InChI=1S/C23H17N3O3S/c1-25-18-8-7-15(9-16(18)10-21(25)28)19(27)12-26-13-24-22-17(23(26)29)11-20(30-22)14-5-3-2-4-6-14/h2-9,11,13H,10,12H2,1H3. The molecular weight excluding hydrogens is 398 g/mol. The van der Waals surface area contributed by atoms with Gasteiger partial charge in [-0.1, -0.05) is 30.3 Å². The number of nitrogens with zero attached hydrogens (tertiary/aromatic N) is 3. The van der Waals surface area contributed by atoms with E-state index in [1.165, 1.54) is 22.2 Å². The van der Waals surface area contributed by atoms with E-state index < -0.39 is 0 Å². The van der Waals surface area contributed by atoms with Crippen LogP contribution in [0, 0.1) is 0 Å². The largest absolute Gasteiger partial charge is 0.315 e. The van der Waals surface area contributed by atoms with E-state index in [2.05, 4.69) is 4.98 Å². The van der Waals surface area contributed by atoms with E-state index in [0.717, 1.165) is 21.7 Å². The summed E-state index contributed by atoms with van der Waals surface area (Å²) in [4.78, 5) is 45.2. The lowest BCUT2D eigenvalue weighted by atomic mass is 10.0. The first-order valence-corrected chi connectivity index (χ1v) is 10.3. The zero-order chi connectivity index (χ0) is 20.8. The molecule has 7 heteroatoms. The number of anilines is 1. The van der Waals surface area contributed by atoms with E-state index in [1.54, 1.807) is 30.1 Å². The van der Waals surface area contributed by atoms with Gasteiger partial charge in [-0.15, -0.1) is 11.3 Å². The van der Waals surface area contributed by atoms with Gasteiger partial charge in [-0.3, -0.25) is 19.0 Å². The summed E-state index contributed by atoms with van der Waals surface area (Å²) in [5.41, 5.74) is 2.94. The van der Waals surface area contributed by atoms with Crippen molar-refractivity contribution in [1.29, 1.82) is 0 Å². The Labute approximate surface area is 176 Å². The monoisotopic (exact) mass is 415 g/mol. The zero-order valence-corrected chi connectivity index (χ0v) is 17.0. The minimum atomic E-state index is -0.233. The molecule has 0 unspecified atom stereocenters. The fraction of sp³-hybridized carbons (Fsp3) is 0.130. The maximum Gasteiger partial charge on any atom is 0.262 e. The van der Waals surface area contributed by atoms with Gasteiger partial charge in [-0.05, 0) is 35.4 Å². The molecule has 6 nitrogen and oxygen atoms in total. The van der Waals surface area contributed by atoms with Crippen molar-refractivity contribution in [2.45, 2.75) is 13.0 Å². The van der Waals surface area contributed by atoms with Crippen LogP contribution in [0.5, 0.6) is 0 Å². The maximum atomic E-state index is 12.9. The van der Waals surface area contributed by atoms with Gasteiger partial charge >= 0.3 is 0 Å². The van der Waals surface area contributed by atoms with Gasteiger partial charge in [0.15, 0.2) is 5.78 Å². The van der Waals surface area contributed by atoms with E-state index in [-0.39, 0.29) is 30.2 Å². The minimum absolute atomic E-state index is 0.00662. The first kappa shape index (κ1) is 18.4. The summed E-state index contributed by atoms with van der Waals surface area (Å²) in [5, 5.41) is 0.510. The summed E-state index contributed by atoms with van der Waals surface area (Å²) >= 11 is 1.46. The van der Waals surface area contributed by atoms with Crippen LogP contribution in [0.15, 0.2) is 65.7 Å². The van der Waals surface area contributed by atoms with Crippen molar-refractivity contribution in [2.75, 3.05) is 11.9 Å². The van der Waals surface area contributed by atoms with Crippen molar-refractivity contribution in [3.63, 3.8) is 0 Å². The molecule has 30 heavy (non-hydrogen) atoms. The number of ketones is 1. The lowest BCUT2D eigenvalue weighted by molar-refractivity contribution is -0.117. The van der Waals surface area contributed by atoms with Crippen molar-refractivity contribution >= 4 is 38.9 Å². The van der Waals surface area contributed by atoms with E-state index in [4.69, 9.17) is 0 Å². The van der Waals surface area contributed by atoms with E-state index in [0.29, 0.717) is 15.8 Å². The number of amides is 1. The molecule has 0 N–H and O–H groups in total. The molecule has 0 saturated carbocycles. The van der Waals surface area contributed by atoms with Crippen molar-refractivity contribution in [2.24, 2.45) is 0 Å². The molecule has 0 aliphatic carbocycles. The minimum Gasteiger partial charge on any atom is -0.315 e. The molecule has 0 atom stereocenters. The fourth-order valence-electron chi connectivity index (χ4n) is 3.71. The number of fused-ring (bicyclic) bond motifs is 2. The third kappa shape index (κ3) is 3.04. The van der Waals surface area contributed by atoms with Gasteiger partial charge in [0.05, 0.1) is 24.7 Å². The summed E-state index contributed by atoms with van der Waals surface area (Å²) in [7, 11) is 1.72. The first-order valence-electron chi connectivity index (χ1n) is 9.48. The van der Waals surface area contributed by atoms with Crippen molar-refractivity contribution in [1.82, 2.24) is 9.55 Å². The summed E-state index contributed by atoms with van der Waals surface area (Å²) < 4.78 is 1.34. The number of carbonyl (C=O) groups is 2. The van der Waals surface area contributed by atoms with Crippen LogP contribution >= 0.6 is 11.3 Å². The van der Waals surface area contributed by atoms with Crippen LogP contribution in [-0.4, -0.2) is 28.3 Å². The summed E-state index contributed by atoms with van der Waals surface area (Å²) in [5.74, 6) is -0.186. The lowest BCUT2D eigenvalue weighted by Gasteiger charge is -2.10. The number of hydrogen-bond donors (Lipinski definition) is 0. The van der Waals surface area contributed by atoms with Crippen LogP contribution < -0.4 is 10.5 Å². The Balaban J connectivity index is 1.45. The molecule has 148 valence electrons. The second-order valence-electron chi connectivity index (χ2n) is 7.27. The highest BCUT2D eigenvalue weighted by atomic mass is 32.1. The molecule has 0 fully saturated rings. The molecule has 2 aromatic heterocycles. The molecule has 0 spiro atoms. The third-order valence-electron chi connectivity index (χ3n) is 5.37. The van der Waals surface area contributed by atoms with Gasteiger partial charge in [0.2, 0.25) is 5.91 Å². The molecule has 2 aromatic carbocycles. The van der Waals surface area contributed by atoms with E-state index >= 15 is 0 Å². The van der Waals surface area contributed by atoms with Crippen LogP contribution in [0.25, 0.3) is 20.7 Å². The molecule has 0 bridgehead atoms. The van der Waals surface area contributed by atoms with Crippen LogP contribution in [0.1, 0.15) is 15.9 Å². The second-order valence-corrected chi connectivity index (χ2v) is 8.30. The van der Waals surface area contributed by atoms with Crippen LogP contribution in [-0.2, 0) is 17.8 Å². The number of benzene rings is 2. The third-order valence-corrected chi connectivity index (χ3v) is 6.46. The highest BCUT2D eigenvalue weighted by Gasteiger charge is 2.25. The molecule has 0 radical (unpaired) electrons. The second kappa shape index (κ2) is 7.03. The molecule has 3 heterocycles. The Hall–Kier alpha value is -3.58. The lowest BCUT2D eigenvalue weighted by Crippen LogP contribution is -2.24. The maximum absolute atomic E-state index is 12.9. The van der Waals surface area contributed by atoms with E-state index in [9.17, 15) is 14.4 Å². The Morgan fingerprint density at radius 2 is 1.90 bits per heavy atom.